The van der Waals surface area contributed by atoms with Gasteiger partial charge in [-0.3, -0.25) is 9.52 Å². The molecule has 0 saturated heterocycles. The van der Waals surface area contributed by atoms with Crippen molar-refractivity contribution in [3.05, 3.63) is 102 Å². The molecule has 1 heterocycles. The van der Waals surface area contributed by atoms with E-state index in [0.29, 0.717) is 23.5 Å². The Morgan fingerprint density at radius 1 is 1.00 bits per heavy atom. The summed E-state index contributed by atoms with van der Waals surface area (Å²) in [6.07, 6.45) is 3.10. The zero-order valence-electron chi connectivity index (χ0n) is 17.3. The van der Waals surface area contributed by atoms with Gasteiger partial charge in [-0.25, -0.2) is 18.1 Å². The first-order valence-corrected chi connectivity index (χ1v) is 11.3. The van der Waals surface area contributed by atoms with E-state index in [4.69, 9.17) is 0 Å². The van der Waals surface area contributed by atoms with Crippen LogP contribution in [0.4, 0.5) is 11.4 Å². The molecule has 1 amide bonds. The molecule has 4 rings (SSSR count). The number of hydrogen-bond donors (Lipinski definition) is 2. The minimum absolute atomic E-state index is 0.167. The summed E-state index contributed by atoms with van der Waals surface area (Å²) in [4.78, 5) is 16.7. The lowest BCUT2D eigenvalue weighted by molar-refractivity contribution is 0.102. The summed E-state index contributed by atoms with van der Waals surface area (Å²) in [5.74, 6) is -0.293. The number of aromatic nitrogens is 3. The van der Waals surface area contributed by atoms with Crippen LogP contribution in [0.3, 0.4) is 0 Å². The lowest BCUT2D eigenvalue weighted by Crippen LogP contribution is -2.15. The second kappa shape index (κ2) is 9.03. The number of aryl methyl sites for hydroxylation is 1. The van der Waals surface area contributed by atoms with E-state index in [1.54, 1.807) is 66.5 Å². The number of rotatable bonds is 7. The Hall–Kier alpha value is -3.98. The van der Waals surface area contributed by atoms with E-state index in [-0.39, 0.29) is 10.8 Å². The molecule has 4 aromatic rings. The second-order valence-corrected chi connectivity index (χ2v) is 8.87. The van der Waals surface area contributed by atoms with E-state index < -0.39 is 10.0 Å². The maximum absolute atomic E-state index is 12.7. The van der Waals surface area contributed by atoms with E-state index in [1.807, 2.05) is 12.1 Å². The van der Waals surface area contributed by atoms with Crippen molar-refractivity contribution in [2.45, 2.75) is 18.4 Å². The van der Waals surface area contributed by atoms with Gasteiger partial charge in [0.1, 0.15) is 12.7 Å². The third-order valence-electron chi connectivity index (χ3n) is 4.82. The third kappa shape index (κ3) is 5.01. The molecule has 1 aromatic heterocycles. The smallest absolute Gasteiger partial charge is 0.261 e. The van der Waals surface area contributed by atoms with Crippen LogP contribution in [0.1, 0.15) is 21.5 Å². The molecule has 0 unspecified atom stereocenters. The Labute approximate surface area is 186 Å². The molecule has 0 fully saturated rings. The summed E-state index contributed by atoms with van der Waals surface area (Å²) in [6.45, 7) is 2.35. The number of carbonyl (C=O) groups is 1. The minimum Gasteiger partial charge on any atom is -0.322 e. The lowest BCUT2D eigenvalue weighted by Gasteiger charge is -2.13. The molecule has 0 spiro atoms. The van der Waals surface area contributed by atoms with Gasteiger partial charge in [0, 0.05) is 11.3 Å². The molecular formula is C23H21N5O3S. The van der Waals surface area contributed by atoms with E-state index in [1.165, 1.54) is 18.5 Å². The molecule has 9 heteroatoms. The van der Waals surface area contributed by atoms with Crippen LogP contribution in [0.15, 0.2) is 90.3 Å². The Bertz CT molecular complexity index is 1320. The van der Waals surface area contributed by atoms with Gasteiger partial charge in [-0.2, -0.15) is 5.10 Å². The summed E-state index contributed by atoms with van der Waals surface area (Å²) in [5, 5.41) is 6.88. The van der Waals surface area contributed by atoms with Crippen LogP contribution in [0, 0.1) is 6.92 Å². The van der Waals surface area contributed by atoms with Crippen molar-refractivity contribution in [1.29, 1.82) is 0 Å². The van der Waals surface area contributed by atoms with Crippen LogP contribution in [-0.2, 0) is 16.6 Å². The van der Waals surface area contributed by atoms with Gasteiger partial charge >= 0.3 is 0 Å². The van der Waals surface area contributed by atoms with Crippen LogP contribution in [0.2, 0.25) is 0 Å². The fourth-order valence-electron chi connectivity index (χ4n) is 3.08. The number of hydrogen-bond acceptors (Lipinski definition) is 5. The third-order valence-corrected chi connectivity index (χ3v) is 6.20. The normalized spacial score (nSPS) is 11.2. The summed E-state index contributed by atoms with van der Waals surface area (Å²) in [7, 11) is -3.73. The minimum atomic E-state index is -3.73. The van der Waals surface area contributed by atoms with Crippen molar-refractivity contribution in [3.63, 3.8) is 0 Å². The Kier molecular flexibility index (Phi) is 6.00. The zero-order valence-corrected chi connectivity index (χ0v) is 18.1. The number of amides is 1. The quantitative estimate of drug-likeness (QED) is 0.449. The number of benzene rings is 3. The molecule has 0 aliphatic heterocycles. The summed E-state index contributed by atoms with van der Waals surface area (Å²) in [5.41, 5.74) is 3.09. The van der Waals surface area contributed by atoms with Crippen LogP contribution in [-0.4, -0.2) is 29.1 Å². The number of sulfonamides is 1. The molecule has 0 atom stereocenters. The number of carbonyl (C=O) groups excluding carboxylic acids is 1. The SMILES string of the molecule is Cc1ccc(NC(=O)c2ccc(Cn3cncn3)cc2)cc1NS(=O)(=O)c1ccccc1. The van der Waals surface area contributed by atoms with Gasteiger partial charge in [0.15, 0.2) is 0 Å². The van der Waals surface area contributed by atoms with E-state index in [0.717, 1.165) is 11.1 Å². The van der Waals surface area contributed by atoms with Crippen LogP contribution < -0.4 is 10.0 Å². The van der Waals surface area contributed by atoms with Crippen LogP contribution in [0.25, 0.3) is 0 Å². The molecule has 0 saturated carbocycles. The molecular weight excluding hydrogens is 426 g/mol. The van der Waals surface area contributed by atoms with Gasteiger partial charge in [0.05, 0.1) is 17.1 Å². The highest BCUT2D eigenvalue weighted by Crippen LogP contribution is 2.24. The van der Waals surface area contributed by atoms with Crippen molar-refractivity contribution in [2.75, 3.05) is 10.0 Å². The van der Waals surface area contributed by atoms with Gasteiger partial charge in [-0.1, -0.05) is 36.4 Å². The van der Waals surface area contributed by atoms with Crippen molar-refractivity contribution in [3.8, 4) is 0 Å². The van der Waals surface area contributed by atoms with E-state index >= 15 is 0 Å². The fraction of sp³-hybridized carbons (Fsp3) is 0.0870. The fourth-order valence-corrected chi connectivity index (χ4v) is 4.22. The number of nitrogens with zero attached hydrogens (tertiary/aromatic N) is 3. The Morgan fingerprint density at radius 3 is 2.44 bits per heavy atom. The molecule has 2 N–H and O–H groups in total. The maximum atomic E-state index is 12.7. The predicted octanol–water partition coefficient (Wildman–Crippen LogP) is 3.69. The van der Waals surface area contributed by atoms with E-state index in [9.17, 15) is 13.2 Å². The Morgan fingerprint density at radius 2 is 1.75 bits per heavy atom. The predicted molar refractivity (Wildman–Crippen MR) is 122 cm³/mol. The lowest BCUT2D eigenvalue weighted by atomic mass is 10.1. The first-order chi connectivity index (χ1) is 15.4. The van der Waals surface area contributed by atoms with E-state index in [2.05, 4.69) is 20.1 Å². The average molecular weight is 448 g/mol. The first kappa shape index (κ1) is 21.3. The number of nitrogens with one attached hydrogen (secondary N) is 2. The average Bonchev–Trinajstić information content (AvgIpc) is 3.30. The number of anilines is 2. The van der Waals surface area contributed by atoms with Gasteiger partial charge in [0.25, 0.3) is 15.9 Å². The standard InChI is InChI=1S/C23H21N5O3S/c1-17-7-12-20(13-22(17)27-32(30,31)21-5-3-2-4-6-21)26-23(29)19-10-8-18(9-11-19)14-28-16-24-15-25-28/h2-13,15-16,27H,14H2,1H3,(H,26,29). The molecule has 3 aromatic carbocycles. The summed E-state index contributed by atoms with van der Waals surface area (Å²) >= 11 is 0. The maximum Gasteiger partial charge on any atom is 0.261 e. The highest BCUT2D eigenvalue weighted by Gasteiger charge is 2.15. The Balaban J connectivity index is 1.47. The topological polar surface area (TPSA) is 106 Å². The van der Waals surface area contributed by atoms with Crippen molar-refractivity contribution >= 4 is 27.3 Å². The van der Waals surface area contributed by atoms with Gasteiger partial charge in [0.2, 0.25) is 0 Å². The van der Waals surface area contributed by atoms with Crippen LogP contribution >= 0.6 is 0 Å². The summed E-state index contributed by atoms with van der Waals surface area (Å²) in [6, 6.07) is 20.4. The first-order valence-electron chi connectivity index (χ1n) is 9.82. The van der Waals surface area contributed by atoms with Gasteiger partial charge in [-0.05, 0) is 54.4 Å². The van der Waals surface area contributed by atoms with Crippen molar-refractivity contribution in [1.82, 2.24) is 14.8 Å². The molecule has 0 radical (unpaired) electrons. The molecule has 162 valence electrons. The zero-order chi connectivity index (χ0) is 22.6. The van der Waals surface area contributed by atoms with Crippen molar-refractivity contribution in [2.24, 2.45) is 0 Å². The molecule has 0 aliphatic rings. The van der Waals surface area contributed by atoms with Gasteiger partial charge in [-0.15, -0.1) is 0 Å². The molecule has 0 bridgehead atoms. The largest absolute Gasteiger partial charge is 0.322 e. The van der Waals surface area contributed by atoms with Crippen molar-refractivity contribution < 1.29 is 13.2 Å². The monoisotopic (exact) mass is 447 g/mol. The highest BCUT2D eigenvalue weighted by atomic mass is 32.2. The summed E-state index contributed by atoms with van der Waals surface area (Å²) < 4.78 is 29.6. The second-order valence-electron chi connectivity index (χ2n) is 7.19. The molecule has 8 nitrogen and oxygen atoms in total. The molecule has 32 heavy (non-hydrogen) atoms. The van der Waals surface area contributed by atoms with Crippen LogP contribution in [0.5, 0.6) is 0 Å². The highest BCUT2D eigenvalue weighted by molar-refractivity contribution is 7.92. The van der Waals surface area contributed by atoms with Gasteiger partial charge < -0.3 is 5.32 Å². The molecule has 0 aliphatic carbocycles.